The second kappa shape index (κ2) is 4.94. The van der Waals surface area contributed by atoms with Crippen LogP contribution in [0.5, 0.6) is 0 Å². The van der Waals surface area contributed by atoms with Crippen molar-refractivity contribution in [2.45, 2.75) is 45.1 Å². The Morgan fingerprint density at radius 1 is 1.35 bits per heavy atom. The molecule has 2 saturated heterocycles. The second-order valence-corrected chi connectivity index (χ2v) is 5.70. The zero-order valence-corrected chi connectivity index (χ0v) is 11.0. The van der Waals surface area contributed by atoms with E-state index in [1.54, 1.807) is 0 Å². The van der Waals surface area contributed by atoms with Gasteiger partial charge in [0.2, 0.25) is 5.91 Å². The Labute approximate surface area is 103 Å². The van der Waals surface area contributed by atoms with Gasteiger partial charge in [0, 0.05) is 6.61 Å². The van der Waals surface area contributed by atoms with Gasteiger partial charge in [-0.3, -0.25) is 4.79 Å². The molecule has 1 atom stereocenters. The van der Waals surface area contributed by atoms with Crippen molar-refractivity contribution >= 4 is 5.91 Å². The van der Waals surface area contributed by atoms with Crippen LogP contribution in [0.3, 0.4) is 0 Å². The third-order valence-electron chi connectivity index (χ3n) is 4.35. The lowest BCUT2D eigenvalue weighted by Crippen LogP contribution is -2.55. The number of hydrogen-bond donors (Lipinski definition) is 2. The fraction of sp³-hybridized carbons (Fsp3) is 0.923. The van der Waals surface area contributed by atoms with Gasteiger partial charge in [-0.15, -0.1) is 0 Å². The van der Waals surface area contributed by atoms with E-state index >= 15 is 0 Å². The average molecular weight is 240 g/mol. The molecular formula is C13H24N2O2. The van der Waals surface area contributed by atoms with Crippen LogP contribution in [0.1, 0.15) is 39.5 Å². The van der Waals surface area contributed by atoms with Crippen molar-refractivity contribution in [1.82, 2.24) is 10.6 Å². The van der Waals surface area contributed by atoms with Gasteiger partial charge >= 0.3 is 0 Å². The van der Waals surface area contributed by atoms with E-state index in [1.165, 1.54) is 0 Å². The molecule has 2 heterocycles. The van der Waals surface area contributed by atoms with E-state index < -0.39 is 0 Å². The Morgan fingerprint density at radius 3 is 2.59 bits per heavy atom. The molecule has 0 radical (unpaired) electrons. The molecule has 4 nitrogen and oxygen atoms in total. The summed E-state index contributed by atoms with van der Waals surface area (Å²) in [5.74, 6) is 0.231. The Kier molecular flexibility index (Phi) is 3.73. The highest BCUT2D eigenvalue weighted by molar-refractivity contribution is 5.83. The minimum atomic E-state index is -0.156. The molecule has 1 unspecified atom stereocenters. The van der Waals surface area contributed by atoms with Crippen LogP contribution in [-0.4, -0.2) is 37.7 Å². The van der Waals surface area contributed by atoms with Crippen LogP contribution in [0.4, 0.5) is 0 Å². The number of nitrogens with one attached hydrogen (secondary N) is 2. The number of ether oxygens (including phenoxy) is 1. The smallest absolute Gasteiger partial charge is 0.226 e. The molecule has 0 aromatic heterocycles. The molecule has 2 rings (SSSR count). The lowest BCUT2D eigenvalue weighted by atomic mass is 9.75. The van der Waals surface area contributed by atoms with Gasteiger partial charge in [-0.05, 0) is 45.7 Å². The summed E-state index contributed by atoms with van der Waals surface area (Å²) < 4.78 is 5.39. The summed E-state index contributed by atoms with van der Waals surface area (Å²) in [5.41, 5.74) is -0.305. The highest BCUT2D eigenvalue weighted by Gasteiger charge is 2.41. The number of piperidine rings is 1. The van der Waals surface area contributed by atoms with E-state index in [0.717, 1.165) is 45.4 Å². The minimum Gasteiger partial charge on any atom is -0.379 e. The highest BCUT2D eigenvalue weighted by Crippen LogP contribution is 2.34. The summed E-state index contributed by atoms with van der Waals surface area (Å²) in [6, 6.07) is 0. The van der Waals surface area contributed by atoms with Gasteiger partial charge in [-0.2, -0.15) is 0 Å². The molecule has 0 aliphatic carbocycles. The summed E-state index contributed by atoms with van der Waals surface area (Å²) in [6.45, 7) is 7.53. The van der Waals surface area contributed by atoms with Gasteiger partial charge in [-0.25, -0.2) is 0 Å². The van der Waals surface area contributed by atoms with Crippen molar-refractivity contribution in [2.24, 2.45) is 5.41 Å². The normalized spacial score (nSPS) is 32.4. The zero-order valence-electron chi connectivity index (χ0n) is 11.0. The second-order valence-electron chi connectivity index (χ2n) is 5.70. The summed E-state index contributed by atoms with van der Waals surface area (Å²) in [5, 5.41) is 6.55. The fourth-order valence-corrected chi connectivity index (χ4v) is 2.82. The molecule has 2 aliphatic heterocycles. The molecule has 98 valence electrons. The SMILES string of the molecule is CCC1(C(=O)NC2(C)CCOC2)CCNCC1. The molecule has 0 aromatic carbocycles. The summed E-state index contributed by atoms with van der Waals surface area (Å²) in [4.78, 5) is 12.5. The van der Waals surface area contributed by atoms with Crippen molar-refractivity contribution < 1.29 is 9.53 Å². The summed E-state index contributed by atoms with van der Waals surface area (Å²) >= 11 is 0. The molecule has 4 heteroatoms. The van der Waals surface area contributed by atoms with Crippen molar-refractivity contribution in [1.29, 1.82) is 0 Å². The fourth-order valence-electron chi connectivity index (χ4n) is 2.82. The van der Waals surface area contributed by atoms with E-state index in [2.05, 4.69) is 24.5 Å². The van der Waals surface area contributed by atoms with Crippen LogP contribution < -0.4 is 10.6 Å². The van der Waals surface area contributed by atoms with E-state index in [0.29, 0.717) is 6.61 Å². The number of carbonyl (C=O) groups is 1. The topological polar surface area (TPSA) is 50.4 Å². The zero-order chi connectivity index (χ0) is 12.4. The molecule has 0 bridgehead atoms. The van der Waals surface area contributed by atoms with E-state index in [1.807, 2.05) is 0 Å². The molecule has 0 saturated carbocycles. The van der Waals surface area contributed by atoms with Crippen LogP contribution in [0.15, 0.2) is 0 Å². The van der Waals surface area contributed by atoms with Crippen LogP contribution in [-0.2, 0) is 9.53 Å². The largest absolute Gasteiger partial charge is 0.379 e. The number of amides is 1. The Bertz CT molecular complexity index is 279. The molecule has 2 N–H and O–H groups in total. The van der Waals surface area contributed by atoms with Crippen LogP contribution in [0, 0.1) is 5.41 Å². The standard InChI is InChI=1S/C13H24N2O2/c1-3-13(4-7-14-8-5-13)11(16)15-12(2)6-9-17-10-12/h14H,3-10H2,1-2H3,(H,15,16). The monoisotopic (exact) mass is 240 g/mol. The molecule has 1 amide bonds. The first-order valence-electron chi connectivity index (χ1n) is 6.71. The molecular weight excluding hydrogens is 216 g/mol. The quantitative estimate of drug-likeness (QED) is 0.775. The maximum Gasteiger partial charge on any atom is 0.226 e. The molecule has 0 spiro atoms. The highest BCUT2D eigenvalue weighted by atomic mass is 16.5. The van der Waals surface area contributed by atoms with Crippen molar-refractivity contribution in [2.75, 3.05) is 26.3 Å². The van der Waals surface area contributed by atoms with E-state index in [-0.39, 0.29) is 16.9 Å². The Balaban J connectivity index is 2.01. The lowest BCUT2D eigenvalue weighted by Gasteiger charge is -2.38. The first-order valence-corrected chi connectivity index (χ1v) is 6.71. The Hall–Kier alpha value is -0.610. The third-order valence-corrected chi connectivity index (χ3v) is 4.35. The van der Waals surface area contributed by atoms with Gasteiger partial charge in [0.1, 0.15) is 0 Å². The van der Waals surface area contributed by atoms with Crippen molar-refractivity contribution in [3.05, 3.63) is 0 Å². The maximum atomic E-state index is 12.5. The lowest BCUT2D eigenvalue weighted by molar-refractivity contribution is -0.134. The predicted molar refractivity (Wildman–Crippen MR) is 66.8 cm³/mol. The molecule has 17 heavy (non-hydrogen) atoms. The van der Waals surface area contributed by atoms with Crippen LogP contribution in [0.2, 0.25) is 0 Å². The van der Waals surface area contributed by atoms with Gasteiger partial charge in [0.05, 0.1) is 17.6 Å². The van der Waals surface area contributed by atoms with Crippen LogP contribution in [0.25, 0.3) is 0 Å². The number of rotatable bonds is 3. The maximum absolute atomic E-state index is 12.5. The number of hydrogen-bond acceptors (Lipinski definition) is 3. The Morgan fingerprint density at radius 2 is 2.06 bits per heavy atom. The first kappa shape index (κ1) is 12.8. The van der Waals surface area contributed by atoms with E-state index in [4.69, 9.17) is 4.74 Å². The molecule has 2 aliphatic rings. The van der Waals surface area contributed by atoms with Gasteiger partial charge in [-0.1, -0.05) is 6.92 Å². The third kappa shape index (κ3) is 2.63. The number of carbonyl (C=O) groups excluding carboxylic acids is 1. The van der Waals surface area contributed by atoms with Gasteiger partial charge < -0.3 is 15.4 Å². The van der Waals surface area contributed by atoms with Crippen molar-refractivity contribution in [3.8, 4) is 0 Å². The molecule has 0 aromatic rings. The predicted octanol–water partition coefficient (Wildman–Crippen LogP) is 1.06. The average Bonchev–Trinajstić information content (AvgIpc) is 2.76. The van der Waals surface area contributed by atoms with E-state index in [9.17, 15) is 4.79 Å². The molecule has 2 fully saturated rings. The van der Waals surface area contributed by atoms with Gasteiger partial charge in [0.15, 0.2) is 0 Å². The van der Waals surface area contributed by atoms with Crippen LogP contribution >= 0.6 is 0 Å². The first-order chi connectivity index (χ1) is 8.10. The van der Waals surface area contributed by atoms with Gasteiger partial charge in [0.25, 0.3) is 0 Å². The summed E-state index contributed by atoms with van der Waals surface area (Å²) in [7, 11) is 0. The minimum absolute atomic E-state index is 0.149. The summed E-state index contributed by atoms with van der Waals surface area (Å²) in [6.07, 6.45) is 3.76. The van der Waals surface area contributed by atoms with Crippen molar-refractivity contribution in [3.63, 3.8) is 0 Å².